The number of halogens is 3. The molecule has 3 aromatic rings. The molecule has 0 bridgehead atoms. The Morgan fingerprint density at radius 1 is 0.903 bits per heavy atom. The number of aliphatic hydroxyl groups is 1. The van der Waals surface area contributed by atoms with Crippen molar-refractivity contribution in [3.05, 3.63) is 106 Å². The molecular weight excluding hydrogens is 407 g/mol. The fraction of sp³-hybridized carbons (Fsp3) is 0.0833. The Morgan fingerprint density at radius 2 is 1.58 bits per heavy atom. The highest BCUT2D eigenvalue weighted by Crippen LogP contribution is 2.43. The predicted molar refractivity (Wildman–Crippen MR) is 109 cm³/mol. The minimum atomic E-state index is -1.16. The second kappa shape index (κ2) is 7.75. The quantitative estimate of drug-likeness (QED) is 0.365. The van der Waals surface area contributed by atoms with Crippen LogP contribution in [0.1, 0.15) is 22.7 Å². The molecule has 1 atom stereocenters. The van der Waals surface area contributed by atoms with Gasteiger partial charge in [-0.2, -0.15) is 0 Å². The summed E-state index contributed by atoms with van der Waals surface area (Å²) in [6, 6.07) is 13.1. The number of ketones is 1. The molecule has 0 saturated carbocycles. The highest BCUT2D eigenvalue weighted by atomic mass is 19.1. The number of carbonyl (C=O) groups is 2. The van der Waals surface area contributed by atoms with E-state index in [1.807, 2.05) is 0 Å². The third-order valence-corrected chi connectivity index (χ3v) is 5.09. The van der Waals surface area contributed by atoms with E-state index in [2.05, 4.69) is 0 Å². The monoisotopic (exact) mass is 423 g/mol. The van der Waals surface area contributed by atoms with Crippen molar-refractivity contribution in [3.8, 4) is 0 Å². The number of aryl methyl sites for hydroxylation is 1. The first-order valence-electron chi connectivity index (χ1n) is 9.36. The molecule has 1 fully saturated rings. The van der Waals surface area contributed by atoms with Crippen LogP contribution in [-0.4, -0.2) is 16.8 Å². The van der Waals surface area contributed by atoms with Crippen LogP contribution in [0, 0.1) is 24.4 Å². The molecule has 0 aliphatic carbocycles. The van der Waals surface area contributed by atoms with Crippen molar-refractivity contribution in [1.82, 2.24) is 0 Å². The number of carbonyl (C=O) groups excluding carboxylic acids is 2. The van der Waals surface area contributed by atoms with Gasteiger partial charge in [-0.25, -0.2) is 13.2 Å². The van der Waals surface area contributed by atoms with Gasteiger partial charge < -0.3 is 5.11 Å². The van der Waals surface area contributed by atoms with Gasteiger partial charge in [0, 0.05) is 11.6 Å². The standard InChI is InChI=1S/C24H16F3NO3/c1-13-3-2-4-15(11-13)21-20(22(29)14-5-7-16(25)8-6-14)23(30)24(31)28(21)19-10-9-17(26)12-18(19)27/h2-12,21,29H,1H3/b22-20+. The lowest BCUT2D eigenvalue weighted by Gasteiger charge is -2.26. The molecule has 31 heavy (non-hydrogen) atoms. The van der Waals surface area contributed by atoms with E-state index in [1.54, 1.807) is 31.2 Å². The topological polar surface area (TPSA) is 57.6 Å². The number of aliphatic hydroxyl groups excluding tert-OH is 1. The van der Waals surface area contributed by atoms with E-state index in [-0.39, 0.29) is 16.8 Å². The lowest BCUT2D eigenvalue weighted by atomic mass is 9.94. The van der Waals surface area contributed by atoms with E-state index >= 15 is 0 Å². The van der Waals surface area contributed by atoms with E-state index in [9.17, 15) is 27.9 Å². The van der Waals surface area contributed by atoms with Crippen LogP contribution in [0.25, 0.3) is 5.76 Å². The molecule has 0 aromatic heterocycles. The van der Waals surface area contributed by atoms with Crippen molar-refractivity contribution >= 4 is 23.1 Å². The highest BCUT2D eigenvalue weighted by Gasteiger charge is 2.47. The van der Waals surface area contributed by atoms with Crippen LogP contribution in [0.15, 0.2) is 72.3 Å². The molecule has 4 nitrogen and oxygen atoms in total. The molecule has 1 saturated heterocycles. The van der Waals surface area contributed by atoms with Gasteiger partial charge in [-0.1, -0.05) is 29.8 Å². The van der Waals surface area contributed by atoms with Gasteiger partial charge in [0.05, 0.1) is 17.3 Å². The highest BCUT2D eigenvalue weighted by molar-refractivity contribution is 6.51. The smallest absolute Gasteiger partial charge is 0.300 e. The van der Waals surface area contributed by atoms with Gasteiger partial charge in [0.25, 0.3) is 11.7 Å². The molecule has 1 heterocycles. The maximum atomic E-state index is 14.6. The van der Waals surface area contributed by atoms with Crippen LogP contribution in [0.4, 0.5) is 18.9 Å². The van der Waals surface area contributed by atoms with Crippen LogP contribution in [0.2, 0.25) is 0 Å². The van der Waals surface area contributed by atoms with E-state index in [4.69, 9.17) is 0 Å². The number of benzene rings is 3. The number of anilines is 1. The summed E-state index contributed by atoms with van der Waals surface area (Å²) < 4.78 is 41.4. The van der Waals surface area contributed by atoms with Gasteiger partial charge >= 0.3 is 0 Å². The summed E-state index contributed by atoms with van der Waals surface area (Å²) in [6.07, 6.45) is 0. The lowest BCUT2D eigenvalue weighted by molar-refractivity contribution is -0.132. The molecule has 1 aliphatic rings. The van der Waals surface area contributed by atoms with Crippen molar-refractivity contribution in [2.24, 2.45) is 0 Å². The number of nitrogens with zero attached hydrogens (tertiary/aromatic N) is 1. The lowest BCUT2D eigenvalue weighted by Crippen LogP contribution is -2.30. The van der Waals surface area contributed by atoms with E-state index in [0.29, 0.717) is 11.6 Å². The summed E-state index contributed by atoms with van der Waals surface area (Å²) in [5.74, 6) is -5.02. The molecule has 3 aromatic carbocycles. The third kappa shape index (κ3) is 3.59. The number of rotatable bonds is 3. The first-order chi connectivity index (χ1) is 14.8. The summed E-state index contributed by atoms with van der Waals surface area (Å²) in [7, 11) is 0. The van der Waals surface area contributed by atoms with Crippen LogP contribution < -0.4 is 4.90 Å². The number of amides is 1. The second-order valence-corrected chi connectivity index (χ2v) is 7.19. The molecule has 1 aliphatic heterocycles. The summed E-state index contributed by atoms with van der Waals surface area (Å²) in [6.45, 7) is 1.80. The Morgan fingerprint density at radius 3 is 2.23 bits per heavy atom. The SMILES string of the molecule is Cc1cccc(C2/C(=C(\O)c3ccc(F)cc3)C(=O)C(=O)N2c2ccc(F)cc2F)c1. The number of Topliss-reactive ketones (excluding diaryl/α,β-unsaturated/α-hetero) is 1. The Balaban J connectivity index is 1.98. The van der Waals surface area contributed by atoms with E-state index in [1.165, 1.54) is 12.1 Å². The maximum Gasteiger partial charge on any atom is 0.300 e. The second-order valence-electron chi connectivity index (χ2n) is 7.19. The van der Waals surface area contributed by atoms with Gasteiger partial charge in [-0.3, -0.25) is 14.5 Å². The van der Waals surface area contributed by atoms with E-state index in [0.717, 1.165) is 34.7 Å². The summed E-state index contributed by atoms with van der Waals surface area (Å²) in [5.41, 5.74) is 0.812. The molecule has 1 N–H and O–H groups in total. The molecular formula is C24H16F3NO3. The Labute approximate surface area is 175 Å². The fourth-order valence-corrected chi connectivity index (χ4v) is 3.68. The van der Waals surface area contributed by atoms with Crippen molar-refractivity contribution in [2.45, 2.75) is 13.0 Å². The molecule has 1 amide bonds. The Kier molecular flexibility index (Phi) is 5.10. The first kappa shape index (κ1) is 20.4. The summed E-state index contributed by atoms with van der Waals surface area (Å²) in [5, 5.41) is 10.9. The van der Waals surface area contributed by atoms with Crippen LogP contribution in [0.3, 0.4) is 0 Å². The zero-order valence-electron chi connectivity index (χ0n) is 16.3. The van der Waals surface area contributed by atoms with Gasteiger partial charge in [0.15, 0.2) is 0 Å². The predicted octanol–water partition coefficient (Wildman–Crippen LogP) is 5.04. The van der Waals surface area contributed by atoms with Crippen molar-refractivity contribution in [3.63, 3.8) is 0 Å². The molecule has 4 rings (SSSR count). The molecule has 156 valence electrons. The van der Waals surface area contributed by atoms with E-state index < -0.39 is 40.9 Å². The summed E-state index contributed by atoms with van der Waals surface area (Å²) in [4.78, 5) is 26.8. The number of hydrogen-bond donors (Lipinski definition) is 1. The number of hydrogen-bond acceptors (Lipinski definition) is 3. The van der Waals surface area contributed by atoms with Crippen molar-refractivity contribution in [2.75, 3.05) is 4.90 Å². The fourth-order valence-electron chi connectivity index (χ4n) is 3.68. The van der Waals surface area contributed by atoms with Crippen LogP contribution in [-0.2, 0) is 9.59 Å². The minimum absolute atomic E-state index is 0.122. The first-order valence-corrected chi connectivity index (χ1v) is 9.36. The molecule has 7 heteroatoms. The maximum absolute atomic E-state index is 14.6. The largest absolute Gasteiger partial charge is 0.507 e. The summed E-state index contributed by atoms with van der Waals surface area (Å²) >= 11 is 0. The van der Waals surface area contributed by atoms with Gasteiger partial charge in [0.2, 0.25) is 0 Å². The van der Waals surface area contributed by atoms with Crippen molar-refractivity contribution < 1.29 is 27.9 Å². The van der Waals surface area contributed by atoms with Gasteiger partial charge in [0.1, 0.15) is 23.2 Å². The average Bonchev–Trinajstić information content (AvgIpc) is 2.99. The third-order valence-electron chi connectivity index (χ3n) is 5.09. The molecule has 0 radical (unpaired) electrons. The Hall–Kier alpha value is -3.87. The molecule has 1 unspecified atom stereocenters. The van der Waals surface area contributed by atoms with Gasteiger partial charge in [-0.15, -0.1) is 0 Å². The van der Waals surface area contributed by atoms with Gasteiger partial charge in [-0.05, 0) is 48.9 Å². The Bertz CT molecular complexity index is 1240. The van der Waals surface area contributed by atoms with Crippen LogP contribution in [0.5, 0.6) is 0 Å². The van der Waals surface area contributed by atoms with Crippen molar-refractivity contribution in [1.29, 1.82) is 0 Å². The normalized spacial score (nSPS) is 17.9. The average molecular weight is 423 g/mol. The minimum Gasteiger partial charge on any atom is -0.507 e. The molecule has 0 spiro atoms. The zero-order valence-corrected chi connectivity index (χ0v) is 16.3. The van der Waals surface area contributed by atoms with Crippen LogP contribution >= 0.6 is 0 Å². The zero-order chi connectivity index (χ0) is 22.3.